The number of aliphatic imine (C=N–C) groups is 1. The Balaban J connectivity index is 0.00000180. The van der Waals surface area contributed by atoms with E-state index in [0.29, 0.717) is 18.4 Å². The molecule has 1 aliphatic heterocycles. The zero-order valence-corrected chi connectivity index (χ0v) is 13.5. The number of likely N-dealkylation sites (tertiary alicyclic amines) is 1. The number of halogens is 1. The molecule has 0 unspecified atom stereocenters. The van der Waals surface area contributed by atoms with Crippen molar-refractivity contribution in [3.8, 4) is 5.88 Å². The van der Waals surface area contributed by atoms with Crippen molar-refractivity contribution in [2.45, 2.75) is 25.8 Å². The van der Waals surface area contributed by atoms with Crippen LogP contribution in [0.25, 0.3) is 0 Å². The van der Waals surface area contributed by atoms with Crippen LogP contribution in [0.1, 0.15) is 25.0 Å². The minimum Gasteiger partial charge on any atom is -0.481 e. The quantitative estimate of drug-likeness (QED) is 0.498. The number of nitrogens with zero attached hydrogens (tertiary/aromatic N) is 3. The molecule has 2 N–H and O–H groups in total. The lowest BCUT2D eigenvalue weighted by molar-refractivity contribution is 0.338. The van der Waals surface area contributed by atoms with Gasteiger partial charge in [-0.25, -0.2) is 9.98 Å². The maximum atomic E-state index is 5.98. The highest BCUT2D eigenvalue weighted by Gasteiger charge is 2.11. The predicted octanol–water partition coefficient (Wildman–Crippen LogP) is 2.01. The SMILES string of the molecule is COc1cccc(CN=C(N)N2CCCCC2)n1.I. The Labute approximate surface area is 131 Å². The molecule has 0 radical (unpaired) electrons. The number of guanidine groups is 1. The second-order valence-electron chi connectivity index (χ2n) is 4.39. The number of nitrogens with two attached hydrogens (primary N) is 1. The molecule has 6 heteroatoms. The predicted molar refractivity (Wildman–Crippen MR) is 87.0 cm³/mol. The van der Waals surface area contributed by atoms with Crippen molar-refractivity contribution in [3.63, 3.8) is 0 Å². The first-order valence-corrected chi connectivity index (χ1v) is 6.34. The topological polar surface area (TPSA) is 63.7 Å². The Morgan fingerprint density at radius 1 is 1.37 bits per heavy atom. The highest BCUT2D eigenvalue weighted by Crippen LogP contribution is 2.10. The summed E-state index contributed by atoms with van der Waals surface area (Å²) < 4.78 is 5.08. The van der Waals surface area contributed by atoms with Crippen LogP contribution < -0.4 is 10.5 Å². The monoisotopic (exact) mass is 376 g/mol. The zero-order chi connectivity index (χ0) is 12.8. The molecule has 1 saturated heterocycles. The van der Waals surface area contributed by atoms with Gasteiger partial charge in [0.1, 0.15) is 0 Å². The average Bonchev–Trinajstić information content (AvgIpc) is 2.46. The Morgan fingerprint density at radius 2 is 2.11 bits per heavy atom. The summed E-state index contributed by atoms with van der Waals surface area (Å²) >= 11 is 0. The van der Waals surface area contributed by atoms with Crippen molar-refractivity contribution in [2.75, 3.05) is 20.2 Å². The van der Waals surface area contributed by atoms with E-state index in [1.165, 1.54) is 19.3 Å². The molecule has 1 aliphatic rings. The van der Waals surface area contributed by atoms with E-state index < -0.39 is 0 Å². The van der Waals surface area contributed by atoms with Crippen molar-refractivity contribution < 1.29 is 4.74 Å². The standard InChI is InChI=1S/C13H20N4O.HI/c1-18-12-7-5-6-11(16-12)10-15-13(14)17-8-3-2-4-9-17;/h5-7H,2-4,8-10H2,1H3,(H2,14,15);1H. The lowest BCUT2D eigenvalue weighted by Gasteiger charge is -2.27. The van der Waals surface area contributed by atoms with E-state index in [9.17, 15) is 0 Å². The molecule has 0 aromatic carbocycles. The van der Waals surface area contributed by atoms with Gasteiger partial charge in [-0.1, -0.05) is 6.07 Å². The van der Waals surface area contributed by atoms with Crippen LogP contribution in [0.2, 0.25) is 0 Å². The van der Waals surface area contributed by atoms with Crippen LogP contribution in [0, 0.1) is 0 Å². The van der Waals surface area contributed by atoms with Crippen molar-refractivity contribution in [1.29, 1.82) is 0 Å². The molecule has 0 atom stereocenters. The van der Waals surface area contributed by atoms with Gasteiger partial charge in [0, 0.05) is 19.2 Å². The van der Waals surface area contributed by atoms with Gasteiger partial charge in [0.2, 0.25) is 5.88 Å². The minimum atomic E-state index is 0. The molecule has 106 valence electrons. The zero-order valence-electron chi connectivity index (χ0n) is 11.2. The average molecular weight is 376 g/mol. The normalized spacial score (nSPS) is 15.8. The summed E-state index contributed by atoms with van der Waals surface area (Å²) in [5.41, 5.74) is 6.85. The molecule has 1 aromatic rings. The number of methoxy groups -OCH3 is 1. The molecule has 2 heterocycles. The van der Waals surface area contributed by atoms with Gasteiger partial charge in [0.15, 0.2) is 5.96 Å². The van der Waals surface area contributed by atoms with Crippen molar-refractivity contribution in [2.24, 2.45) is 10.7 Å². The van der Waals surface area contributed by atoms with Crippen LogP contribution in [0.15, 0.2) is 23.2 Å². The summed E-state index contributed by atoms with van der Waals surface area (Å²) in [5.74, 6) is 1.23. The summed E-state index contributed by atoms with van der Waals surface area (Å²) in [6, 6.07) is 5.66. The summed E-state index contributed by atoms with van der Waals surface area (Å²) in [5, 5.41) is 0. The van der Waals surface area contributed by atoms with Crippen molar-refractivity contribution in [3.05, 3.63) is 23.9 Å². The van der Waals surface area contributed by atoms with E-state index in [1.54, 1.807) is 7.11 Å². The summed E-state index contributed by atoms with van der Waals surface area (Å²) in [4.78, 5) is 10.8. The molecule has 0 bridgehead atoms. The Bertz CT molecular complexity index is 419. The van der Waals surface area contributed by atoms with Crippen LogP contribution in [-0.2, 0) is 6.54 Å². The summed E-state index contributed by atoms with van der Waals surface area (Å²) in [6.07, 6.45) is 3.70. The lowest BCUT2D eigenvalue weighted by atomic mass is 10.1. The lowest BCUT2D eigenvalue weighted by Crippen LogP contribution is -2.40. The fourth-order valence-electron chi connectivity index (χ4n) is 2.04. The first-order chi connectivity index (χ1) is 8.79. The largest absolute Gasteiger partial charge is 0.481 e. The van der Waals surface area contributed by atoms with Crippen molar-refractivity contribution >= 4 is 29.9 Å². The van der Waals surface area contributed by atoms with Gasteiger partial charge in [0.25, 0.3) is 0 Å². The maximum absolute atomic E-state index is 5.98. The van der Waals surface area contributed by atoms with Crippen LogP contribution in [0.3, 0.4) is 0 Å². The number of hydrogen-bond acceptors (Lipinski definition) is 3. The number of rotatable bonds is 3. The number of pyridine rings is 1. The van der Waals surface area contributed by atoms with Crippen LogP contribution >= 0.6 is 24.0 Å². The fourth-order valence-corrected chi connectivity index (χ4v) is 2.04. The van der Waals surface area contributed by atoms with E-state index in [4.69, 9.17) is 10.5 Å². The van der Waals surface area contributed by atoms with Gasteiger partial charge in [-0.3, -0.25) is 0 Å². The third-order valence-corrected chi connectivity index (χ3v) is 3.07. The summed E-state index contributed by atoms with van der Waals surface area (Å²) in [7, 11) is 1.61. The first-order valence-electron chi connectivity index (χ1n) is 6.34. The van der Waals surface area contributed by atoms with E-state index >= 15 is 0 Å². The Kier molecular flexibility index (Phi) is 6.90. The van der Waals surface area contributed by atoms with Crippen LogP contribution in [-0.4, -0.2) is 36.0 Å². The van der Waals surface area contributed by atoms with Crippen LogP contribution in [0.5, 0.6) is 5.88 Å². The fraction of sp³-hybridized carbons (Fsp3) is 0.538. The molecule has 2 rings (SSSR count). The minimum absolute atomic E-state index is 0. The van der Waals surface area contributed by atoms with Crippen molar-refractivity contribution in [1.82, 2.24) is 9.88 Å². The molecule has 0 saturated carbocycles. The third kappa shape index (κ3) is 4.85. The highest BCUT2D eigenvalue weighted by molar-refractivity contribution is 14.0. The second-order valence-corrected chi connectivity index (χ2v) is 4.39. The number of piperidine rings is 1. The second kappa shape index (κ2) is 8.19. The molecular formula is C13H21IN4O. The van der Waals surface area contributed by atoms with Gasteiger partial charge in [-0.2, -0.15) is 0 Å². The smallest absolute Gasteiger partial charge is 0.213 e. The van der Waals surface area contributed by atoms with Crippen LogP contribution in [0.4, 0.5) is 0 Å². The highest BCUT2D eigenvalue weighted by atomic mass is 127. The van der Waals surface area contributed by atoms with Gasteiger partial charge < -0.3 is 15.4 Å². The molecule has 19 heavy (non-hydrogen) atoms. The number of hydrogen-bond donors (Lipinski definition) is 1. The Hall–Kier alpha value is -1.05. The number of ether oxygens (including phenoxy) is 1. The van der Waals surface area contributed by atoms with E-state index in [-0.39, 0.29) is 24.0 Å². The van der Waals surface area contributed by atoms with E-state index in [0.717, 1.165) is 18.8 Å². The molecule has 0 spiro atoms. The third-order valence-electron chi connectivity index (χ3n) is 3.07. The summed E-state index contributed by atoms with van der Waals surface area (Å²) in [6.45, 7) is 2.53. The molecular weight excluding hydrogens is 355 g/mol. The van der Waals surface area contributed by atoms with Gasteiger partial charge in [0.05, 0.1) is 19.3 Å². The van der Waals surface area contributed by atoms with Gasteiger partial charge in [-0.05, 0) is 25.3 Å². The molecule has 1 aromatic heterocycles. The first kappa shape index (κ1) is 16.0. The van der Waals surface area contributed by atoms with E-state index in [1.807, 2.05) is 18.2 Å². The maximum Gasteiger partial charge on any atom is 0.213 e. The van der Waals surface area contributed by atoms with Gasteiger partial charge >= 0.3 is 0 Å². The van der Waals surface area contributed by atoms with Gasteiger partial charge in [-0.15, -0.1) is 24.0 Å². The number of aromatic nitrogens is 1. The molecule has 0 amide bonds. The molecule has 1 fully saturated rings. The molecule has 0 aliphatic carbocycles. The Morgan fingerprint density at radius 3 is 2.79 bits per heavy atom. The molecule has 5 nitrogen and oxygen atoms in total. The van der Waals surface area contributed by atoms with E-state index in [2.05, 4.69) is 14.9 Å².